The van der Waals surface area contributed by atoms with E-state index in [2.05, 4.69) is 5.32 Å². The molecule has 0 saturated carbocycles. The summed E-state index contributed by atoms with van der Waals surface area (Å²) >= 11 is 0. The summed E-state index contributed by atoms with van der Waals surface area (Å²) in [5.74, 6) is -0.00183. The lowest BCUT2D eigenvalue weighted by molar-refractivity contribution is -0.385. The summed E-state index contributed by atoms with van der Waals surface area (Å²) < 4.78 is 7.04. The van der Waals surface area contributed by atoms with Gasteiger partial charge in [0, 0.05) is 17.8 Å². The highest BCUT2D eigenvalue weighted by atomic mass is 16.6. The molecule has 8 heteroatoms. The van der Waals surface area contributed by atoms with Crippen molar-refractivity contribution >= 4 is 17.4 Å². The van der Waals surface area contributed by atoms with E-state index in [-0.39, 0.29) is 23.6 Å². The van der Waals surface area contributed by atoms with Gasteiger partial charge in [-0.1, -0.05) is 12.1 Å². The van der Waals surface area contributed by atoms with Gasteiger partial charge in [-0.15, -0.1) is 0 Å². The van der Waals surface area contributed by atoms with Gasteiger partial charge in [0.15, 0.2) is 12.4 Å². The molecule has 2 aromatic rings. The summed E-state index contributed by atoms with van der Waals surface area (Å²) in [5, 5.41) is 22.7. The smallest absolute Gasteiger partial charge is 0.310 e. The summed E-state index contributed by atoms with van der Waals surface area (Å²) in [6.07, 6.45) is 1.65. The number of nitrogens with one attached hydrogen (secondary N) is 1. The van der Waals surface area contributed by atoms with Crippen molar-refractivity contribution in [2.75, 3.05) is 11.9 Å². The van der Waals surface area contributed by atoms with Gasteiger partial charge >= 0.3 is 5.69 Å². The van der Waals surface area contributed by atoms with Gasteiger partial charge in [0.2, 0.25) is 0 Å². The van der Waals surface area contributed by atoms with Crippen LogP contribution in [-0.4, -0.2) is 22.0 Å². The van der Waals surface area contributed by atoms with Crippen molar-refractivity contribution in [2.45, 2.75) is 26.3 Å². The Kier molecular flexibility index (Phi) is 5.08. The fourth-order valence-electron chi connectivity index (χ4n) is 2.23. The number of nitro benzene ring substituents is 1. The summed E-state index contributed by atoms with van der Waals surface area (Å²) in [6.45, 7) is 5.43. The Bertz CT molecular complexity index is 843. The second-order valence-corrected chi connectivity index (χ2v) is 6.33. The van der Waals surface area contributed by atoms with E-state index >= 15 is 0 Å². The van der Waals surface area contributed by atoms with Gasteiger partial charge in [0.05, 0.1) is 10.5 Å². The van der Waals surface area contributed by atoms with Crippen LogP contribution in [0.25, 0.3) is 0 Å². The molecule has 0 atom stereocenters. The minimum atomic E-state index is -0.572. The van der Waals surface area contributed by atoms with Crippen molar-refractivity contribution in [2.24, 2.45) is 0 Å². The number of carbonyl (C=O) groups excluding carboxylic acids is 1. The van der Waals surface area contributed by atoms with Crippen LogP contribution in [0.5, 0.6) is 5.75 Å². The van der Waals surface area contributed by atoms with Crippen LogP contribution in [0.4, 0.5) is 11.5 Å². The molecule has 0 spiro atoms. The lowest BCUT2D eigenvalue weighted by atomic mass is 10.1. The van der Waals surface area contributed by atoms with Crippen molar-refractivity contribution < 1.29 is 14.5 Å². The minimum Gasteiger partial charge on any atom is -0.477 e. The zero-order chi connectivity index (χ0) is 18.6. The lowest BCUT2D eigenvalue weighted by Gasteiger charge is -2.24. The van der Waals surface area contributed by atoms with Gasteiger partial charge in [0.25, 0.3) is 5.91 Å². The van der Waals surface area contributed by atoms with Gasteiger partial charge in [-0.05, 0) is 32.9 Å². The molecule has 0 aliphatic heterocycles. The maximum absolute atomic E-state index is 12.1. The first-order chi connectivity index (χ1) is 11.7. The molecule has 0 aliphatic rings. The van der Waals surface area contributed by atoms with Gasteiger partial charge < -0.3 is 14.6 Å². The van der Waals surface area contributed by atoms with E-state index in [4.69, 9.17) is 10.00 Å². The number of para-hydroxylation sites is 2. The molecule has 1 aromatic heterocycles. The molecule has 0 unspecified atom stereocenters. The third-order valence-electron chi connectivity index (χ3n) is 3.36. The standard InChI is InChI=1S/C17H18N4O4/c1-17(2,3)20-10-12(9-18)8-15(20)19-16(22)11-25-14-7-5-4-6-13(14)21(23)24/h4-8,10H,11H2,1-3H3,(H,19,22). The molecule has 0 fully saturated rings. The number of nitrogens with zero attached hydrogens (tertiary/aromatic N) is 3. The third kappa shape index (κ3) is 4.35. The number of rotatable bonds is 5. The number of hydrogen-bond donors (Lipinski definition) is 1. The summed E-state index contributed by atoms with van der Waals surface area (Å²) in [5.41, 5.74) is -0.124. The Balaban J connectivity index is 2.11. The molecule has 1 aromatic carbocycles. The molecule has 0 saturated heterocycles. The van der Waals surface area contributed by atoms with Crippen LogP contribution in [0.3, 0.4) is 0 Å². The van der Waals surface area contributed by atoms with E-state index in [0.717, 1.165) is 0 Å². The predicted octanol–water partition coefficient (Wildman–Crippen LogP) is 3.04. The van der Waals surface area contributed by atoms with E-state index in [0.29, 0.717) is 11.4 Å². The fraction of sp³-hybridized carbons (Fsp3) is 0.294. The number of carbonyl (C=O) groups is 1. The number of anilines is 1. The van der Waals surface area contributed by atoms with E-state index in [9.17, 15) is 14.9 Å². The lowest BCUT2D eigenvalue weighted by Crippen LogP contribution is -2.27. The first kappa shape index (κ1) is 18.0. The van der Waals surface area contributed by atoms with Crippen LogP contribution >= 0.6 is 0 Å². The van der Waals surface area contributed by atoms with Crippen molar-refractivity contribution in [3.05, 3.63) is 52.2 Å². The number of aromatic nitrogens is 1. The van der Waals surface area contributed by atoms with Crippen molar-refractivity contribution in [1.29, 1.82) is 5.26 Å². The van der Waals surface area contributed by atoms with Crippen LogP contribution < -0.4 is 10.1 Å². The third-order valence-corrected chi connectivity index (χ3v) is 3.36. The molecular formula is C17H18N4O4. The number of amides is 1. The Hall–Kier alpha value is -3.34. The summed E-state index contributed by atoms with van der Waals surface area (Å²) in [6, 6.07) is 9.43. The number of hydrogen-bond acceptors (Lipinski definition) is 5. The van der Waals surface area contributed by atoms with Crippen molar-refractivity contribution in [1.82, 2.24) is 4.57 Å². The second-order valence-electron chi connectivity index (χ2n) is 6.33. The topological polar surface area (TPSA) is 110 Å². The Morgan fingerprint density at radius 1 is 1.40 bits per heavy atom. The summed E-state index contributed by atoms with van der Waals surface area (Å²) in [4.78, 5) is 22.5. The molecular weight excluding hydrogens is 324 g/mol. The Morgan fingerprint density at radius 2 is 2.08 bits per heavy atom. The highest BCUT2D eigenvalue weighted by molar-refractivity contribution is 5.91. The van der Waals surface area contributed by atoms with Crippen LogP contribution in [0, 0.1) is 21.4 Å². The van der Waals surface area contributed by atoms with Gasteiger partial charge in [-0.25, -0.2) is 0 Å². The quantitative estimate of drug-likeness (QED) is 0.663. The Morgan fingerprint density at radius 3 is 2.68 bits per heavy atom. The van der Waals surface area contributed by atoms with Crippen molar-refractivity contribution in [3.63, 3.8) is 0 Å². The largest absolute Gasteiger partial charge is 0.477 e. The number of nitro groups is 1. The zero-order valence-electron chi connectivity index (χ0n) is 14.1. The SMILES string of the molecule is CC(C)(C)n1cc(C#N)cc1NC(=O)COc1ccccc1[N+](=O)[O-]. The Labute approximate surface area is 144 Å². The highest BCUT2D eigenvalue weighted by Gasteiger charge is 2.20. The molecule has 0 bridgehead atoms. The number of ether oxygens (including phenoxy) is 1. The van der Waals surface area contributed by atoms with E-state index in [1.54, 1.807) is 22.9 Å². The van der Waals surface area contributed by atoms with E-state index in [1.165, 1.54) is 18.2 Å². The monoisotopic (exact) mass is 342 g/mol. The van der Waals surface area contributed by atoms with Crippen molar-refractivity contribution in [3.8, 4) is 11.8 Å². The molecule has 25 heavy (non-hydrogen) atoms. The predicted molar refractivity (Wildman–Crippen MR) is 91.4 cm³/mol. The number of nitriles is 1. The average Bonchev–Trinajstić information content (AvgIpc) is 2.96. The molecule has 130 valence electrons. The van der Waals surface area contributed by atoms with Crippen LogP contribution in [0.1, 0.15) is 26.3 Å². The van der Waals surface area contributed by atoms with E-state index < -0.39 is 10.8 Å². The molecule has 2 rings (SSSR count). The van der Waals surface area contributed by atoms with Crippen LogP contribution in [-0.2, 0) is 10.3 Å². The summed E-state index contributed by atoms with van der Waals surface area (Å²) in [7, 11) is 0. The first-order valence-corrected chi connectivity index (χ1v) is 7.51. The second kappa shape index (κ2) is 7.05. The molecule has 0 radical (unpaired) electrons. The van der Waals surface area contributed by atoms with E-state index in [1.807, 2.05) is 26.8 Å². The fourth-order valence-corrected chi connectivity index (χ4v) is 2.23. The van der Waals surface area contributed by atoms with Crippen LogP contribution in [0.2, 0.25) is 0 Å². The maximum Gasteiger partial charge on any atom is 0.310 e. The van der Waals surface area contributed by atoms with Gasteiger partial charge in [-0.2, -0.15) is 5.26 Å². The minimum absolute atomic E-state index is 0.0200. The average molecular weight is 342 g/mol. The zero-order valence-corrected chi connectivity index (χ0v) is 14.1. The highest BCUT2D eigenvalue weighted by Crippen LogP contribution is 2.26. The first-order valence-electron chi connectivity index (χ1n) is 7.51. The molecule has 1 heterocycles. The van der Waals surface area contributed by atoms with Gasteiger partial charge in [-0.3, -0.25) is 14.9 Å². The van der Waals surface area contributed by atoms with Crippen LogP contribution in [0.15, 0.2) is 36.5 Å². The number of benzene rings is 1. The normalized spacial score (nSPS) is 10.8. The maximum atomic E-state index is 12.1. The van der Waals surface area contributed by atoms with Gasteiger partial charge in [0.1, 0.15) is 11.9 Å². The molecule has 0 aliphatic carbocycles. The molecule has 1 N–H and O–H groups in total. The molecule has 8 nitrogen and oxygen atoms in total. The molecule has 1 amide bonds.